The number of amides is 1. The van der Waals surface area contributed by atoms with Crippen LogP contribution in [0.4, 0.5) is 0 Å². The SMILES string of the molecule is CC(C)Cc1cc(C(=O)N2CCn3nc(CCC(=O)O)cc3C2)nc(=O)[nH]1. The summed E-state index contributed by atoms with van der Waals surface area (Å²) in [6, 6.07) is 3.48. The molecule has 0 aromatic carbocycles. The van der Waals surface area contributed by atoms with Crippen molar-refractivity contribution in [1.82, 2.24) is 24.6 Å². The number of aliphatic carboxylic acids is 1. The number of H-pyrrole nitrogens is 1. The fourth-order valence-electron chi connectivity index (χ4n) is 3.19. The molecule has 0 saturated heterocycles. The molecule has 144 valence electrons. The highest BCUT2D eigenvalue weighted by Gasteiger charge is 2.25. The predicted molar refractivity (Wildman–Crippen MR) is 96.3 cm³/mol. The van der Waals surface area contributed by atoms with Crippen molar-refractivity contribution in [2.75, 3.05) is 6.54 Å². The van der Waals surface area contributed by atoms with Crippen LogP contribution in [0, 0.1) is 5.92 Å². The van der Waals surface area contributed by atoms with Crippen molar-refractivity contribution in [3.63, 3.8) is 0 Å². The third-order valence-electron chi connectivity index (χ3n) is 4.38. The Morgan fingerprint density at radius 1 is 1.30 bits per heavy atom. The smallest absolute Gasteiger partial charge is 0.345 e. The third-order valence-corrected chi connectivity index (χ3v) is 4.38. The highest BCUT2D eigenvalue weighted by molar-refractivity contribution is 5.92. The molecule has 0 saturated carbocycles. The summed E-state index contributed by atoms with van der Waals surface area (Å²) < 4.78 is 1.80. The Bertz CT molecular complexity index is 915. The quantitative estimate of drug-likeness (QED) is 0.774. The average molecular weight is 373 g/mol. The van der Waals surface area contributed by atoms with Gasteiger partial charge in [-0.2, -0.15) is 10.1 Å². The van der Waals surface area contributed by atoms with Crippen LogP contribution in [-0.2, 0) is 30.7 Å². The van der Waals surface area contributed by atoms with Gasteiger partial charge in [0.05, 0.1) is 30.9 Å². The normalized spacial score (nSPS) is 13.7. The molecule has 27 heavy (non-hydrogen) atoms. The molecule has 0 atom stereocenters. The molecule has 9 heteroatoms. The zero-order valence-electron chi connectivity index (χ0n) is 15.4. The number of carboxylic acids is 1. The molecule has 0 aliphatic carbocycles. The van der Waals surface area contributed by atoms with Crippen LogP contribution in [0.25, 0.3) is 0 Å². The van der Waals surface area contributed by atoms with Crippen molar-refractivity contribution in [2.24, 2.45) is 5.92 Å². The van der Waals surface area contributed by atoms with Crippen molar-refractivity contribution in [3.05, 3.63) is 45.4 Å². The number of fused-ring (bicyclic) bond motifs is 1. The van der Waals surface area contributed by atoms with E-state index in [1.54, 1.807) is 15.6 Å². The van der Waals surface area contributed by atoms with Crippen LogP contribution in [0.1, 0.15) is 47.8 Å². The summed E-state index contributed by atoms with van der Waals surface area (Å²) >= 11 is 0. The molecule has 1 aliphatic rings. The van der Waals surface area contributed by atoms with E-state index in [1.165, 1.54) is 0 Å². The zero-order chi connectivity index (χ0) is 19.6. The number of carbonyl (C=O) groups excluding carboxylic acids is 1. The lowest BCUT2D eigenvalue weighted by Gasteiger charge is -2.27. The lowest BCUT2D eigenvalue weighted by Crippen LogP contribution is -2.39. The first-order valence-electron chi connectivity index (χ1n) is 8.98. The summed E-state index contributed by atoms with van der Waals surface area (Å²) in [5.74, 6) is -0.805. The van der Waals surface area contributed by atoms with E-state index in [-0.39, 0.29) is 18.0 Å². The van der Waals surface area contributed by atoms with Crippen molar-refractivity contribution in [2.45, 2.75) is 46.2 Å². The van der Waals surface area contributed by atoms with Crippen molar-refractivity contribution < 1.29 is 14.7 Å². The van der Waals surface area contributed by atoms with Crippen LogP contribution in [0.3, 0.4) is 0 Å². The van der Waals surface area contributed by atoms with Gasteiger partial charge < -0.3 is 15.0 Å². The van der Waals surface area contributed by atoms with Gasteiger partial charge in [-0.05, 0) is 24.5 Å². The van der Waals surface area contributed by atoms with Crippen LogP contribution in [0.2, 0.25) is 0 Å². The number of carbonyl (C=O) groups is 2. The van der Waals surface area contributed by atoms with E-state index in [2.05, 4.69) is 15.1 Å². The number of rotatable bonds is 6. The maximum absolute atomic E-state index is 12.8. The van der Waals surface area contributed by atoms with Gasteiger partial charge in [0.1, 0.15) is 5.69 Å². The van der Waals surface area contributed by atoms with Crippen molar-refractivity contribution >= 4 is 11.9 Å². The Balaban J connectivity index is 1.75. The van der Waals surface area contributed by atoms with Gasteiger partial charge in [-0.25, -0.2) is 4.79 Å². The van der Waals surface area contributed by atoms with E-state index >= 15 is 0 Å². The zero-order valence-corrected chi connectivity index (χ0v) is 15.4. The summed E-state index contributed by atoms with van der Waals surface area (Å²) in [5, 5.41) is 13.2. The van der Waals surface area contributed by atoms with Gasteiger partial charge in [0, 0.05) is 18.7 Å². The molecule has 3 rings (SSSR count). The molecule has 0 radical (unpaired) electrons. The lowest BCUT2D eigenvalue weighted by molar-refractivity contribution is -0.136. The van der Waals surface area contributed by atoms with Gasteiger partial charge >= 0.3 is 11.7 Å². The molecule has 2 N–H and O–H groups in total. The van der Waals surface area contributed by atoms with E-state index in [9.17, 15) is 14.4 Å². The summed E-state index contributed by atoms with van der Waals surface area (Å²) in [6.07, 6.45) is 1.05. The van der Waals surface area contributed by atoms with E-state index < -0.39 is 11.7 Å². The highest BCUT2D eigenvalue weighted by atomic mass is 16.4. The molecule has 2 aromatic rings. The van der Waals surface area contributed by atoms with E-state index in [0.29, 0.717) is 49.8 Å². The average Bonchev–Trinajstić information content (AvgIpc) is 3.00. The highest BCUT2D eigenvalue weighted by Crippen LogP contribution is 2.17. The minimum Gasteiger partial charge on any atom is -0.481 e. The standard InChI is InChI=1S/C18H23N5O4/c1-11(2)7-13-9-15(20-18(27)19-13)17(26)22-5-6-23-14(10-22)8-12(21-23)3-4-16(24)25/h8-9,11H,3-7,10H2,1-2H3,(H,24,25)(H,19,20,27). The van der Waals surface area contributed by atoms with Crippen LogP contribution in [0.5, 0.6) is 0 Å². The number of aromatic nitrogens is 4. The molecule has 1 aliphatic heterocycles. The third kappa shape index (κ3) is 4.60. The molecule has 2 aromatic heterocycles. The number of nitrogens with zero attached hydrogens (tertiary/aromatic N) is 4. The number of aromatic amines is 1. The number of hydrogen-bond acceptors (Lipinski definition) is 5. The summed E-state index contributed by atoms with van der Waals surface area (Å²) in [7, 11) is 0. The Labute approximate surface area is 156 Å². The minimum absolute atomic E-state index is 0.0223. The Morgan fingerprint density at radius 2 is 2.07 bits per heavy atom. The number of carboxylic acid groups (broad SMARTS) is 1. The Kier molecular flexibility index (Phi) is 5.38. The molecule has 0 bridgehead atoms. The van der Waals surface area contributed by atoms with E-state index in [0.717, 1.165) is 5.69 Å². The summed E-state index contributed by atoms with van der Waals surface area (Å²) in [6.45, 7) is 5.41. The van der Waals surface area contributed by atoms with Gasteiger partial charge in [-0.1, -0.05) is 13.8 Å². The van der Waals surface area contributed by atoms with Crippen LogP contribution < -0.4 is 5.69 Å². The first-order chi connectivity index (χ1) is 12.8. The lowest BCUT2D eigenvalue weighted by atomic mass is 10.1. The molecule has 0 spiro atoms. The Morgan fingerprint density at radius 3 is 2.78 bits per heavy atom. The van der Waals surface area contributed by atoms with Crippen LogP contribution in [-0.4, -0.2) is 48.2 Å². The molecular weight excluding hydrogens is 350 g/mol. The van der Waals surface area contributed by atoms with Gasteiger partial charge in [-0.15, -0.1) is 0 Å². The molecule has 9 nitrogen and oxygen atoms in total. The second kappa shape index (κ2) is 7.73. The first kappa shape index (κ1) is 18.8. The van der Waals surface area contributed by atoms with Gasteiger partial charge in [0.2, 0.25) is 0 Å². The second-order valence-electron chi connectivity index (χ2n) is 7.17. The van der Waals surface area contributed by atoms with Crippen LogP contribution in [0.15, 0.2) is 16.9 Å². The topological polar surface area (TPSA) is 121 Å². The maximum atomic E-state index is 12.8. The molecule has 1 amide bonds. The monoisotopic (exact) mass is 373 g/mol. The fourth-order valence-corrected chi connectivity index (χ4v) is 3.19. The van der Waals surface area contributed by atoms with Crippen molar-refractivity contribution in [1.29, 1.82) is 0 Å². The predicted octanol–water partition coefficient (Wildman–Crippen LogP) is 0.838. The van der Waals surface area contributed by atoms with Crippen molar-refractivity contribution in [3.8, 4) is 0 Å². The molecule has 0 fully saturated rings. The molecule has 3 heterocycles. The van der Waals surface area contributed by atoms with E-state index in [1.807, 2.05) is 19.9 Å². The summed E-state index contributed by atoms with van der Waals surface area (Å²) in [5.41, 5.74) is 1.88. The number of aryl methyl sites for hydroxylation is 1. The maximum Gasteiger partial charge on any atom is 0.345 e. The fraction of sp³-hybridized carbons (Fsp3) is 0.500. The largest absolute Gasteiger partial charge is 0.481 e. The van der Waals surface area contributed by atoms with Gasteiger partial charge in [0.25, 0.3) is 5.91 Å². The molecule has 0 unspecified atom stereocenters. The van der Waals surface area contributed by atoms with Gasteiger partial charge in [-0.3, -0.25) is 14.3 Å². The number of hydrogen-bond donors (Lipinski definition) is 2. The van der Waals surface area contributed by atoms with Crippen LogP contribution >= 0.6 is 0 Å². The molecular formula is C18H23N5O4. The second-order valence-corrected chi connectivity index (χ2v) is 7.17. The summed E-state index contributed by atoms with van der Waals surface area (Å²) in [4.78, 5) is 43.5. The number of nitrogens with one attached hydrogen (secondary N) is 1. The first-order valence-corrected chi connectivity index (χ1v) is 8.98. The van der Waals surface area contributed by atoms with Gasteiger partial charge in [0.15, 0.2) is 0 Å². The Hall–Kier alpha value is -2.97. The van der Waals surface area contributed by atoms with E-state index in [4.69, 9.17) is 5.11 Å². The minimum atomic E-state index is -0.865.